The first-order valence-corrected chi connectivity index (χ1v) is 9.12. The van der Waals surface area contributed by atoms with Gasteiger partial charge in [-0.1, -0.05) is 78.9 Å². The normalized spacial score (nSPS) is 11.1. The smallest absolute Gasteiger partial charge is 0.0717 e. The number of benzene rings is 3. The SMILES string of the molecule is c1ccc(COCCc2cn(Cc3ccccc3)c3ccccc23)cc1. The second-order valence-electron chi connectivity index (χ2n) is 6.57. The van der Waals surface area contributed by atoms with Crippen molar-refractivity contribution < 1.29 is 4.74 Å². The lowest BCUT2D eigenvalue weighted by molar-refractivity contribution is 0.124. The number of rotatable bonds is 7. The molecule has 0 aliphatic heterocycles. The molecule has 0 unspecified atom stereocenters. The Hall–Kier alpha value is -2.84. The van der Waals surface area contributed by atoms with Crippen molar-refractivity contribution in [2.24, 2.45) is 0 Å². The van der Waals surface area contributed by atoms with Crippen LogP contribution in [-0.4, -0.2) is 11.2 Å². The lowest BCUT2D eigenvalue weighted by atomic mass is 10.1. The summed E-state index contributed by atoms with van der Waals surface area (Å²) in [5.41, 5.74) is 5.18. The molecule has 0 amide bonds. The first-order chi connectivity index (χ1) is 12.9. The highest BCUT2D eigenvalue weighted by Crippen LogP contribution is 2.23. The minimum absolute atomic E-state index is 0.670. The fourth-order valence-corrected chi connectivity index (χ4v) is 3.38. The van der Waals surface area contributed by atoms with Gasteiger partial charge in [-0.25, -0.2) is 0 Å². The molecular formula is C24H23NO. The van der Waals surface area contributed by atoms with Gasteiger partial charge < -0.3 is 9.30 Å². The zero-order chi connectivity index (χ0) is 17.6. The van der Waals surface area contributed by atoms with Gasteiger partial charge in [0.2, 0.25) is 0 Å². The summed E-state index contributed by atoms with van der Waals surface area (Å²) in [5.74, 6) is 0. The van der Waals surface area contributed by atoms with Gasteiger partial charge in [-0.3, -0.25) is 0 Å². The van der Waals surface area contributed by atoms with Crippen LogP contribution in [0.25, 0.3) is 10.9 Å². The Labute approximate surface area is 154 Å². The number of ether oxygens (including phenoxy) is 1. The maximum Gasteiger partial charge on any atom is 0.0717 e. The minimum atomic E-state index is 0.670. The highest BCUT2D eigenvalue weighted by molar-refractivity contribution is 5.84. The summed E-state index contributed by atoms with van der Waals surface area (Å²) in [5, 5.41) is 1.33. The molecule has 0 bridgehead atoms. The van der Waals surface area contributed by atoms with Crippen LogP contribution >= 0.6 is 0 Å². The molecule has 1 aromatic heterocycles. The molecule has 0 atom stereocenters. The van der Waals surface area contributed by atoms with Gasteiger partial charge >= 0.3 is 0 Å². The van der Waals surface area contributed by atoms with E-state index in [0.717, 1.165) is 19.6 Å². The molecule has 0 spiro atoms. The van der Waals surface area contributed by atoms with Crippen LogP contribution in [0.1, 0.15) is 16.7 Å². The van der Waals surface area contributed by atoms with Gasteiger partial charge in [0.05, 0.1) is 13.2 Å². The standard InChI is InChI=1S/C24H23NO/c1-3-9-20(10-4-1)17-25-18-22(23-13-7-8-14-24(23)25)15-16-26-19-21-11-5-2-6-12-21/h1-14,18H,15-17,19H2. The Balaban J connectivity index is 1.47. The van der Waals surface area contributed by atoms with Gasteiger partial charge in [-0.15, -0.1) is 0 Å². The Bertz CT molecular complexity index is 957. The molecule has 0 fully saturated rings. The highest BCUT2D eigenvalue weighted by Gasteiger charge is 2.08. The van der Waals surface area contributed by atoms with E-state index in [9.17, 15) is 0 Å². The molecule has 0 aliphatic rings. The molecule has 3 aromatic carbocycles. The van der Waals surface area contributed by atoms with Crippen molar-refractivity contribution in [2.75, 3.05) is 6.61 Å². The van der Waals surface area contributed by atoms with E-state index < -0.39 is 0 Å². The number of hydrogen-bond acceptors (Lipinski definition) is 1. The summed E-state index contributed by atoms with van der Waals surface area (Å²) in [6, 6.07) is 29.6. The predicted octanol–water partition coefficient (Wildman–Crippen LogP) is 5.45. The maximum atomic E-state index is 5.89. The molecule has 0 saturated heterocycles. The van der Waals surface area contributed by atoms with Crippen LogP contribution in [0.3, 0.4) is 0 Å². The summed E-state index contributed by atoms with van der Waals surface area (Å²) >= 11 is 0. The number of aromatic nitrogens is 1. The zero-order valence-corrected chi connectivity index (χ0v) is 14.8. The number of fused-ring (bicyclic) bond motifs is 1. The van der Waals surface area contributed by atoms with Gasteiger partial charge in [-0.2, -0.15) is 0 Å². The van der Waals surface area contributed by atoms with E-state index in [1.807, 2.05) is 6.07 Å². The Morgan fingerprint density at radius 2 is 1.35 bits per heavy atom. The van der Waals surface area contributed by atoms with Crippen molar-refractivity contribution in [3.05, 3.63) is 108 Å². The molecule has 0 saturated carbocycles. The summed E-state index contributed by atoms with van der Waals surface area (Å²) in [7, 11) is 0. The van der Waals surface area contributed by atoms with Crippen LogP contribution < -0.4 is 0 Å². The third-order valence-corrected chi connectivity index (χ3v) is 4.69. The van der Waals surface area contributed by atoms with Crippen LogP contribution in [0.5, 0.6) is 0 Å². The fourth-order valence-electron chi connectivity index (χ4n) is 3.38. The van der Waals surface area contributed by atoms with E-state index in [0.29, 0.717) is 6.61 Å². The van der Waals surface area contributed by atoms with Crippen molar-refractivity contribution in [1.29, 1.82) is 0 Å². The van der Waals surface area contributed by atoms with Crippen LogP contribution in [0.4, 0.5) is 0 Å². The molecule has 0 radical (unpaired) electrons. The maximum absolute atomic E-state index is 5.89. The summed E-state index contributed by atoms with van der Waals surface area (Å²) < 4.78 is 8.24. The molecule has 2 nitrogen and oxygen atoms in total. The van der Waals surface area contributed by atoms with Crippen molar-refractivity contribution in [1.82, 2.24) is 4.57 Å². The van der Waals surface area contributed by atoms with Gasteiger partial charge in [0.25, 0.3) is 0 Å². The molecule has 0 aliphatic carbocycles. The van der Waals surface area contributed by atoms with E-state index in [-0.39, 0.29) is 0 Å². The molecule has 0 N–H and O–H groups in total. The van der Waals surface area contributed by atoms with Crippen molar-refractivity contribution in [3.63, 3.8) is 0 Å². The van der Waals surface area contributed by atoms with Gasteiger partial charge in [0.15, 0.2) is 0 Å². The van der Waals surface area contributed by atoms with Crippen molar-refractivity contribution in [3.8, 4) is 0 Å². The van der Waals surface area contributed by atoms with Gasteiger partial charge in [0.1, 0.15) is 0 Å². The van der Waals surface area contributed by atoms with Gasteiger partial charge in [0, 0.05) is 23.6 Å². The van der Waals surface area contributed by atoms with E-state index in [1.54, 1.807) is 0 Å². The van der Waals surface area contributed by atoms with Crippen LogP contribution in [0.15, 0.2) is 91.1 Å². The highest BCUT2D eigenvalue weighted by atomic mass is 16.5. The lowest BCUT2D eigenvalue weighted by Crippen LogP contribution is -1.99. The van der Waals surface area contributed by atoms with Crippen molar-refractivity contribution in [2.45, 2.75) is 19.6 Å². The van der Waals surface area contributed by atoms with Crippen LogP contribution in [0.2, 0.25) is 0 Å². The molecule has 4 aromatic rings. The average Bonchev–Trinajstić information content (AvgIpc) is 3.05. The summed E-state index contributed by atoms with van der Waals surface area (Å²) in [6.45, 7) is 2.30. The number of para-hydroxylation sites is 1. The zero-order valence-electron chi connectivity index (χ0n) is 14.8. The number of hydrogen-bond donors (Lipinski definition) is 0. The third kappa shape index (κ3) is 3.87. The van der Waals surface area contributed by atoms with E-state index in [2.05, 4.69) is 89.6 Å². The topological polar surface area (TPSA) is 14.2 Å². The quantitative estimate of drug-likeness (QED) is 0.408. The third-order valence-electron chi connectivity index (χ3n) is 4.69. The second kappa shape index (κ2) is 8.03. The lowest BCUT2D eigenvalue weighted by Gasteiger charge is -2.05. The van der Waals surface area contributed by atoms with E-state index >= 15 is 0 Å². The first-order valence-electron chi connectivity index (χ1n) is 9.12. The van der Waals surface area contributed by atoms with E-state index in [1.165, 1.54) is 27.6 Å². The first kappa shape index (κ1) is 16.6. The second-order valence-corrected chi connectivity index (χ2v) is 6.57. The van der Waals surface area contributed by atoms with Crippen molar-refractivity contribution >= 4 is 10.9 Å². The molecule has 1 heterocycles. The monoisotopic (exact) mass is 341 g/mol. The molecule has 4 rings (SSSR count). The molecular weight excluding hydrogens is 318 g/mol. The molecule has 2 heteroatoms. The largest absolute Gasteiger partial charge is 0.376 e. The Morgan fingerprint density at radius 3 is 2.12 bits per heavy atom. The predicted molar refractivity (Wildman–Crippen MR) is 107 cm³/mol. The Kier molecular flexibility index (Phi) is 5.13. The fraction of sp³-hybridized carbons (Fsp3) is 0.167. The number of nitrogens with zero attached hydrogens (tertiary/aromatic N) is 1. The van der Waals surface area contributed by atoms with Gasteiger partial charge in [-0.05, 0) is 29.2 Å². The minimum Gasteiger partial charge on any atom is -0.376 e. The van der Waals surface area contributed by atoms with Crippen LogP contribution in [-0.2, 0) is 24.3 Å². The molecule has 130 valence electrons. The van der Waals surface area contributed by atoms with Crippen LogP contribution in [0, 0.1) is 0 Å². The average molecular weight is 341 g/mol. The summed E-state index contributed by atoms with van der Waals surface area (Å²) in [4.78, 5) is 0. The van der Waals surface area contributed by atoms with E-state index in [4.69, 9.17) is 4.74 Å². The summed E-state index contributed by atoms with van der Waals surface area (Å²) in [6.07, 6.45) is 3.21. The molecule has 26 heavy (non-hydrogen) atoms. The Morgan fingerprint density at radius 1 is 0.692 bits per heavy atom.